The van der Waals surface area contributed by atoms with Crippen LogP contribution in [-0.2, 0) is 0 Å². The quantitative estimate of drug-likeness (QED) is 0.754. The third kappa shape index (κ3) is 5.00. The van der Waals surface area contributed by atoms with E-state index in [1.54, 1.807) is 0 Å². The van der Waals surface area contributed by atoms with Gasteiger partial charge in [-0.3, -0.25) is 0 Å². The number of rotatable bonds is 7. The smallest absolute Gasteiger partial charge is 0.0317 e. The molecule has 0 amide bonds. The van der Waals surface area contributed by atoms with E-state index in [0.717, 1.165) is 18.8 Å². The maximum atomic E-state index is 5.80. The molecule has 0 aliphatic carbocycles. The number of hydrogen-bond acceptors (Lipinski definition) is 3. The van der Waals surface area contributed by atoms with Crippen LogP contribution in [-0.4, -0.2) is 30.3 Å². The van der Waals surface area contributed by atoms with Gasteiger partial charge in [0, 0.05) is 23.2 Å². The van der Waals surface area contributed by atoms with E-state index in [1.165, 1.54) is 17.9 Å². The molecule has 0 aromatic heterocycles. The fraction of sp³-hybridized carbons (Fsp3) is 0.571. The van der Waals surface area contributed by atoms with Gasteiger partial charge in [-0.2, -0.15) is 11.8 Å². The zero-order valence-corrected chi connectivity index (χ0v) is 12.0. The fourth-order valence-electron chi connectivity index (χ4n) is 1.81. The third-order valence-corrected chi connectivity index (χ3v) is 4.24. The molecule has 0 aliphatic heterocycles. The monoisotopic (exact) mass is 252 g/mol. The highest BCUT2D eigenvalue weighted by Gasteiger charge is 2.07. The van der Waals surface area contributed by atoms with Crippen LogP contribution in [0.1, 0.15) is 31.6 Å². The van der Waals surface area contributed by atoms with Crippen LogP contribution >= 0.6 is 11.8 Å². The lowest BCUT2D eigenvalue weighted by atomic mass is 10.1. The molecule has 0 saturated heterocycles. The summed E-state index contributed by atoms with van der Waals surface area (Å²) in [4.78, 5) is 2.46. The van der Waals surface area contributed by atoms with E-state index in [1.807, 2.05) is 23.9 Å². The van der Waals surface area contributed by atoms with E-state index >= 15 is 0 Å². The van der Waals surface area contributed by atoms with E-state index in [4.69, 9.17) is 5.73 Å². The van der Waals surface area contributed by atoms with E-state index < -0.39 is 0 Å². The first kappa shape index (κ1) is 14.4. The van der Waals surface area contributed by atoms with Gasteiger partial charge in [0.2, 0.25) is 0 Å². The Labute approximate surface area is 110 Å². The van der Waals surface area contributed by atoms with E-state index in [0.29, 0.717) is 5.25 Å². The molecule has 1 rings (SSSR count). The lowest BCUT2D eigenvalue weighted by molar-refractivity contribution is 0.324. The standard InChI is InChI=1S/C14H24N2S/c1-4-16(5-2)9-10-17-12(3)13-7-6-8-14(15)11-13/h6-8,11-12H,4-5,9-10,15H2,1-3H3. The number of hydrogen-bond donors (Lipinski definition) is 1. The molecule has 96 valence electrons. The minimum Gasteiger partial charge on any atom is -0.399 e. The van der Waals surface area contributed by atoms with Crippen molar-refractivity contribution in [2.75, 3.05) is 31.1 Å². The molecule has 1 atom stereocenters. The van der Waals surface area contributed by atoms with Gasteiger partial charge in [-0.25, -0.2) is 0 Å². The van der Waals surface area contributed by atoms with Gasteiger partial charge in [-0.15, -0.1) is 0 Å². The first-order valence-electron chi connectivity index (χ1n) is 6.36. The van der Waals surface area contributed by atoms with Crippen molar-refractivity contribution in [3.63, 3.8) is 0 Å². The largest absolute Gasteiger partial charge is 0.399 e. The average Bonchev–Trinajstić information content (AvgIpc) is 2.34. The summed E-state index contributed by atoms with van der Waals surface area (Å²) >= 11 is 2.00. The van der Waals surface area contributed by atoms with Gasteiger partial charge >= 0.3 is 0 Å². The molecule has 0 fully saturated rings. The van der Waals surface area contributed by atoms with Crippen molar-refractivity contribution in [1.82, 2.24) is 4.90 Å². The van der Waals surface area contributed by atoms with Gasteiger partial charge in [-0.05, 0) is 37.7 Å². The molecule has 0 saturated carbocycles. The van der Waals surface area contributed by atoms with Crippen molar-refractivity contribution < 1.29 is 0 Å². The normalized spacial score (nSPS) is 12.9. The molecule has 0 bridgehead atoms. The van der Waals surface area contributed by atoms with Crippen LogP contribution in [0.2, 0.25) is 0 Å². The molecule has 0 aliphatic rings. The third-order valence-electron chi connectivity index (χ3n) is 3.05. The van der Waals surface area contributed by atoms with Crippen LogP contribution in [0, 0.1) is 0 Å². The van der Waals surface area contributed by atoms with Crippen molar-refractivity contribution in [1.29, 1.82) is 0 Å². The molecule has 0 radical (unpaired) electrons. The predicted octanol–water partition coefficient (Wildman–Crippen LogP) is 3.40. The predicted molar refractivity (Wildman–Crippen MR) is 79.5 cm³/mol. The van der Waals surface area contributed by atoms with Crippen molar-refractivity contribution >= 4 is 17.4 Å². The van der Waals surface area contributed by atoms with Gasteiger partial charge in [0.15, 0.2) is 0 Å². The van der Waals surface area contributed by atoms with Crippen molar-refractivity contribution in [2.45, 2.75) is 26.0 Å². The number of nitrogens with two attached hydrogens (primary N) is 1. The SMILES string of the molecule is CCN(CC)CCSC(C)c1cccc(N)c1. The average molecular weight is 252 g/mol. The second-order valence-electron chi connectivity index (χ2n) is 4.21. The molecule has 0 heterocycles. The summed E-state index contributed by atoms with van der Waals surface area (Å²) in [6, 6.07) is 8.21. The van der Waals surface area contributed by atoms with Crippen LogP contribution in [0.15, 0.2) is 24.3 Å². The molecule has 1 aromatic rings. The van der Waals surface area contributed by atoms with Crippen molar-refractivity contribution in [3.8, 4) is 0 Å². The zero-order valence-electron chi connectivity index (χ0n) is 11.1. The first-order chi connectivity index (χ1) is 8.17. The molecule has 0 spiro atoms. The Bertz CT molecular complexity index is 324. The Balaban J connectivity index is 2.37. The van der Waals surface area contributed by atoms with Crippen LogP contribution in [0.4, 0.5) is 5.69 Å². The van der Waals surface area contributed by atoms with Gasteiger partial charge in [-0.1, -0.05) is 26.0 Å². The lowest BCUT2D eigenvalue weighted by Crippen LogP contribution is -2.25. The van der Waals surface area contributed by atoms with E-state index in [2.05, 4.69) is 37.8 Å². The van der Waals surface area contributed by atoms with Crippen LogP contribution in [0.5, 0.6) is 0 Å². The Morgan fingerprint density at radius 3 is 2.59 bits per heavy atom. The highest BCUT2D eigenvalue weighted by Crippen LogP contribution is 2.28. The molecule has 3 heteroatoms. The molecular formula is C14H24N2S. The van der Waals surface area contributed by atoms with Gasteiger partial charge in [0.25, 0.3) is 0 Å². The number of nitrogen functional groups attached to an aromatic ring is 1. The number of nitrogens with zero attached hydrogens (tertiary/aromatic N) is 1. The second-order valence-corrected chi connectivity index (χ2v) is 5.66. The summed E-state index contributed by atoms with van der Waals surface area (Å²) in [5.41, 5.74) is 7.99. The van der Waals surface area contributed by atoms with Gasteiger partial charge < -0.3 is 10.6 Å². The Kier molecular flexibility index (Phi) is 6.45. The van der Waals surface area contributed by atoms with Crippen LogP contribution in [0.25, 0.3) is 0 Å². The summed E-state index contributed by atoms with van der Waals surface area (Å²) in [5, 5.41) is 0.522. The van der Waals surface area contributed by atoms with E-state index in [9.17, 15) is 0 Å². The maximum Gasteiger partial charge on any atom is 0.0317 e. The Hall–Kier alpha value is -0.670. The maximum absolute atomic E-state index is 5.80. The molecule has 2 nitrogen and oxygen atoms in total. The zero-order chi connectivity index (χ0) is 12.7. The minimum atomic E-state index is 0.522. The summed E-state index contributed by atoms with van der Waals surface area (Å²) in [5.74, 6) is 1.18. The number of thioether (sulfide) groups is 1. The Morgan fingerprint density at radius 2 is 2.00 bits per heavy atom. The fourth-order valence-corrected chi connectivity index (χ4v) is 2.86. The van der Waals surface area contributed by atoms with Crippen molar-refractivity contribution in [2.24, 2.45) is 0 Å². The molecule has 2 N–H and O–H groups in total. The minimum absolute atomic E-state index is 0.522. The summed E-state index contributed by atoms with van der Waals surface area (Å²) < 4.78 is 0. The van der Waals surface area contributed by atoms with E-state index in [-0.39, 0.29) is 0 Å². The summed E-state index contributed by atoms with van der Waals surface area (Å²) in [7, 11) is 0. The molecule has 1 unspecified atom stereocenters. The highest BCUT2D eigenvalue weighted by atomic mass is 32.2. The molecule has 1 aromatic carbocycles. The Morgan fingerprint density at radius 1 is 1.29 bits per heavy atom. The van der Waals surface area contributed by atoms with Crippen LogP contribution in [0.3, 0.4) is 0 Å². The molecule has 17 heavy (non-hydrogen) atoms. The van der Waals surface area contributed by atoms with Gasteiger partial charge in [0.05, 0.1) is 0 Å². The number of anilines is 1. The summed E-state index contributed by atoms with van der Waals surface area (Å²) in [6.07, 6.45) is 0. The molecular weight excluding hydrogens is 228 g/mol. The second kappa shape index (κ2) is 7.62. The number of benzene rings is 1. The topological polar surface area (TPSA) is 29.3 Å². The lowest BCUT2D eigenvalue weighted by Gasteiger charge is -2.19. The highest BCUT2D eigenvalue weighted by molar-refractivity contribution is 7.99. The van der Waals surface area contributed by atoms with Crippen molar-refractivity contribution in [3.05, 3.63) is 29.8 Å². The summed E-state index contributed by atoms with van der Waals surface area (Å²) in [6.45, 7) is 10.1. The van der Waals surface area contributed by atoms with Gasteiger partial charge in [0.1, 0.15) is 0 Å². The van der Waals surface area contributed by atoms with Crippen LogP contribution < -0.4 is 5.73 Å². The first-order valence-corrected chi connectivity index (χ1v) is 7.41.